The van der Waals surface area contributed by atoms with E-state index in [-0.39, 0.29) is 23.2 Å². The van der Waals surface area contributed by atoms with E-state index >= 15 is 0 Å². The molecule has 1 spiro atoms. The number of hydrogen-bond acceptors (Lipinski definition) is 4. The Hall–Kier alpha value is -1.03. The molecule has 0 aromatic carbocycles. The third-order valence-corrected chi connectivity index (χ3v) is 8.33. The van der Waals surface area contributed by atoms with Gasteiger partial charge in [-0.3, -0.25) is 9.59 Å². The Morgan fingerprint density at radius 1 is 1.09 bits per heavy atom. The van der Waals surface area contributed by atoms with Crippen molar-refractivity contribution in [3.63, 3.8) is 0 Å². The highest BCUT2D eigenvalue weighted by Gasteiger charge is 2.80. The molecule has 0 N–H and O–H groups in total. The molecule has 0 aromatic rings. The molecule has 23 heavy (non-hydrogen) atoms. The lowest BCUT2D eigenvalue weighted by molar-refractivity contribution is -0.155. The molecule has 4 nitrogen and oxygen atoms in total. The van der Waals surface area contributed by atoms with Crippen molar-refractivity contribution in [3.8, 4) is 0 Å². The summed E-state index contributed by atoms with van der Waals surface area (Å²) in [5, 5.41) is 0. The highest BCUT2D eigenvalue weighted by Crippen LogP contribution is 2.71. The molecule has 4 heteroatoms. The Labute approximate surface area is 136 Å². The van der Waals surface area contributed by atoms with E-state index in [4.69, 9.17) is 4.74 Å². The van der Waals surface area contributed by atoms with Crippen molar-refractivity contribution in [1.82, 2.24) is 0 Å². The number of fused-ring (bicyclic) bond motifs is 4. The normalized spacial score (nSPS) is 57.1. The summed E-state index contributed by atoms with van der Waals surface area (Å²) in [5.74, 6) is 1.55. The molecule has 4 aliphatic carbocycles. The molecule has 0 unspecified atom stereocenters. The minimum atomic E-state index is -0.787. The van der Waals surface area contributed by atoms with Crippen LogP contribution >= 0.6 is 0 Å². The average molecular weight is 316 g/mol. The van der Waals surface area contributed by atoms with E-state index in [0.29, 0.717) is 30.5 Å². The maximum Gasteiger partial charge on any atom is 0.168 e. The zero-order chi connectivity index (χ0) is 16.0. The van der Waals surface area contributed by atoms with Gasteiger partial charge in [0.15, 0.2) is 11.4 Å². The van der Waals surface area contributed by atoms with Gasteiger partial charge >= 0.3 is 0 Å². The van der Waals surface area contributed by atoms with Crippen molar-refractivity contribution >= 4 is 17.9 Å². The second-order valence-corrected chi connectivity index (χ2v) is 8.81. The largest absolute Gasteiger partial charge is 0.357 e. The molecule has 4 saturated carbocycles. The van der Waals surface area contributed by atoms with Crippen LogP contribution in [0.4, 0.5) is 0 Å². The predicted octanol–water partition coefficient (Wildman–Crippen LogP) is 2.48. The quantitative estimate of drug-likeness (QED) is 0.551. The highest BCUT2D eigenvalue weighted by molar-refractivity contribution is 5.97. The number of ketones is 2. The molecule has 0 aromatic heterocycles. The summed E-state index contributed by atoms with van der Waals surface area (Å²) in [6, 6.07) is 0. The second kappa shape index (κ2) is 4.14. The van der Waals surface area contributed by atoms with Crippen molar-refractivity contribution in [2.24, 2.45) is 28.6 Å². The molecule has 1 saturated heterocycles. The fourth-order valence-electron chi connectivity index (χ4n) is 7.20. The van der Waals surface area contributed by atoms with Crippen LogP contribution in [0.5, 0.6) is 0 Å². The van der Waals surface area contributed by atoms with Gasteiger partial charge in [-0.15, -0.1) is 0 Å². The maximum atomic E-state index is 12.6. The second-order valence-electron chi connectivity index (χ2n) is 8.81. The summed E-state index contributed by atoms with van der Waals surface area (Å²) in [4.78, 5) is 37.3. The highest BCUT2D eigenvalue weighted by atomic mass is 16.6. The molecule has 124 valence electrons. The van der Waals surface area contributed by atoms with Gasteiger partial charge in [-0.05, 0) is 56.3 Å². The lowest BCUT2D eigenvalue weighted by Gasteiger charge is -2.56. The number of ether oxygens (including phenoxy) is 1. The van der Waals surface area contributed by atoms with E-state index in [1.165, 1.54) is 0 Å². The first-order valence-corrected chi connectivity index (χ1v) is 9.20. The maximum absolute atomic E-state index is 12.6. The first-order chi connectivity index (χ1) is 11.0. The molecular formula is C19H24O4. The van der Waals surface area contributed by atoms with E-state index in [1.807, 2.05) is 0 Å². The van der Waals surface area contributed by atoms with Gasteiger partial charge in [0, 0.05) is 18.3 Å². The van der Waals surface area contributed by atoms with Crippen LogP contribution in [0.15, 0.2) is 0 Å². The van der Waals surface area contributed by atoms with Gasteiger partial charge in [-0.2, -0.15) is 0 Å². The van der Waals surface area contributed by atoms with Crippen LogP contribution in [0.25, 0.3) is 0 Å². The van der Waals surface area contributed by atoms with Gasteiger partial charge in [-0.25, -0.2) is 0 Å². The summed E-state index contributed by atoms with van der Waals surface area (Å²) in [6.07, 6.45) is 7.46. The standard InChI is InChI=1S/C19H24O4/c1-17-8-6-13-11(12(17)4-5-14(17)21)9-16-19(23-16)15(22)3-2-7-18(13,19)10-20/h10-13,16H,2-9H2,1H3/t11-,12-,13-,16+,17-,18-,19+/m0/s1. The zero-order valence-corrected chi connectivity index (χ0v) is 13.7. The van der Waals surface area contributed by atoms with Crippen LogP contribution in [0.2, 0.25) is 0 Å². The molecule has 5 fully saturated rings. The number of epoxide rings is 1. The Bertz CT molecular complexity index is 627. The van der Waals surface area contributed by atoms with Gasteiger partial charge in [-0.1, -0.05) is 6.92 Å². The number of rotatable bonds is 1. The Morgan fingerprint density at radius 3 is 2.70 bits per heavy atom. The number of Topliss-reactive ketones (excluding diaryl/α,β-unsaturated/α-hetero) is 2. The molecule has 7 atom stereocenters. The van der Waals surface area contributed by atoms with Crippen LogP contribution in [0.3, 0.4) is 0 Å². The predicted molar refractivity (Wildman–Crippen MR) is 81.6 cm³/mol. The molecule has 0 bridgehead atoms. The minimum absolute atomic E-state index is 0.0696. The summed E-state index contributed by atoms with van der Waals surface area (Å²) < 4.78 is 6.01. The van der Waals surface area contributed by atoms with Crippen LogP contribution in [-0.4, -0.2) is 29.6 Å². The molecule has 5 rings (SSSR count). The topological polar surface area (TPSA) is 63.7 Å². The van der Waals surface area contributed by atoms with Gasteiger partial charge in [0.1, 0.15) is 12.1 Å². The SMILES string of the molecule is C[C@]12CC[C@H]3[C@@H](C[C@H]4O[C@]45C(=O)CCC[C@]35C=O)[C@@H]1CCC2=O. The van der Waals surface area contributed by atoms with Crippen molar-refractivity contribution in [3.05, 3.63) is 0 Å². The van der Waals surface area contributed by atoms with Crippen LogP contribution in [0, 0.1) is 28.6 Å². The number of aldehydes is 1. The first-order valence-electron chi connectivity index (χ1n) is 9.20. The van der Waals surface area contributed by atoms with Crippen molar-refractivity contribution in [2.45, 2.75) is 70.0 Å². The minimum Gasteiger partial charge on any atom is -0.357 e. The third-order valence-electron chi connectivity index (χ3n) is 8.33. The van der Waals surface area contributed by atoms with Crippen molar-refractivity contribution in [2.75, 3.05) is 0 Å². The molecule has 5 aliphatic rings. The number of hydrogen-bond donors (Lipinski definition) is 0. The first kappa shape index (κ1) is 14.3. The average Bonchev–Trinajstić information content (AvgIpc) is 3.19. The Balaban J connectivity index is 1.60. The van der Waals surface area contributed by atoms with E-state index < -0.39 is 11.0 Å². The van der Waals surface area contributed by atoms with Crippen molar-refractivity contribution in [1.29, 1.82) is 0 Å². The lowest BCUT2D eigenvalue weighted by atomic mass is 9.45. The third kappa shape index (κ3) is 1.38. The Kier molecular flexibility index (Phi) is 2.58. The monoisotopic (exact) mass is 316 g/mol. The number of carbonyl (C=O) groups excluding carboxylic acids is 3. The fraction of sp³-hybridized carbons (Fsp3) is 0.842. The molecule has 0 amide bonds. The van der Waals surface area contributed by atoms with E-state index in [0.717, 1.165) is 44.8 Å². The van der Waals surface area contributed by atoms with Crippen LogP contribution < -0.4 is 0 Å². The van der Waals surface area contributed by atoms with Crippen LogP contribution in [-0.2, 0) is 19.1 Å². The zero-order valence-electron chi connectivity index (χ0n) is 13.7. The smallest absolute Gasteiger partial charge is 0.168 e. The van der Waals surface area contributed by atoms with Crippen LogP contribution in [0.1, 0.15) is 58.3 Å². The summed E-state index contributed by atoms with van der Waals surface area (Å²) in [5.41, 5.74) is -1.59. The van der Waals surface area contributed by atoms with Gasteiger partial charge in [0.25, 0.3) is 0 Å². The summed E-state index contributed by atoms with van der Waals surface area (Å²) >= 11 is 0. The molecular weight excluding hydrogens is 292 g/mol. The summed E-state index contributed by atoms with van der Waals surface area (Å²) in [7, 11) is 0. The van der Waals surface area contributed by atoms with Crippen molar-refractivity contribution < 1.29 is 19.1 Å². The fourth-order valence-corrected chi connectivity index (χ4v) is 7.20. The molecule has 1 aliphatic heterocycles. The van der Waals surface area contributed by atoms with Gasteiger partial charge < -0.3 is 9.53 Å². The molecule has 1 heterocycles. The lowest BCUT2D eigenvalue weighted by Crippen LogP contribution is -2.62. The van der Waals surface area contributed by atoms with Gasteiger partial charge in [0.2, 0.25) is 0 Å². The number of carbonyl (C=O) groups is 3. The van der Waals surface area contributed by atoms with E-state index in [2.05, 4.69) is 6.92 Å². The van der Waals surface area contributed by atoms with E-state index in [1.54, 1.807) is 0 Å². The molecule has 0 radical (unpaired) electrons. The Morgan fingerprint density at radius 2 is 1.91 bits per heavy atom. The summed E-state index contributed by atoms with van der Waals surface area (Å²) in [6.45, 7) is 2.14. The van der Waals surface area contributed by atoms with E-state index in [9.17, 15) is 14.4 Å². The van der Waals surface area contributed by atoms with Gasteiger partial charge in [0.05, 0.1) is 11.5 Å².